The Kier molecular flexibility index (Phi) is 6.18. The SMILES string of the molecule is O=C(CS(=O)(=O)Cc1ccc(Cl)cc1)NCCCn1ccnc1. The van der Waals surface area contributed by atoms with Crippen molar-refractivity contribution in [3.63, 3.8) is 0 Å². The zero-order valence-corrected chi connectivity index (χ0v) is 14.1. The van der Waals surface area contributed by atoms with Gasteiger partial charge in [-0.3, -0.25) is 4.79 Å². The molecule has 0 spiro atoms. The summed E-state index contributed by atoms with van der Waals surface area (Å²) >= 11 is 5.76. The van der Waals surface area contributed by atoms with E-state index in [-0.39, 0.29) is 5.75 Å². The van der Waals surface area contributed by atoms with E-state index in [4.69, 9.17) is 11.6 Å². The Balaban J connectivity index is 1.73. The molecule has 23 heavy (non-hydrogen) atoms. The van der Waals surface area contributed by atoms with E-state index >= 15 is 0 Å². The fourth-order valence-electron chi connectivity index (χ4n) is 2.04. The van der Waals surface area contributed by atoms with Gasteiger partial charge in [0.1, 0.15) is 5.75 Å². The number of sulfone groups is 1. The van der Waals surface area contributed by atoms with Crippen LogP contribution in [0.4, 0.5) is 0 Å². The van der Waals surface area contributed by atoms with Gasteiger partial charge in [-0.15, -0.1) is 0 Å². The van der Waals surface area contributed by atoms with Gasteiger partial charge in [-0.25, -0.2) is 13.4 Å². The molecule has 124 valence electrons. The van der Waals surface area contributed by atoms with Crippen LogP contribution in [0.25, 0.3) is 0 Å². The molecule has 2 rings (SSSR count). The van der Waals surface area contributed by atoms with Crippen LogP contribution in [0.1, 0.15) is 12.0 Å². The van der Waals surface area contributed by atoms with Crippen molar-refractivity contribution < 1.29 is 13.2 Å². The lowest BCUT2D eigenvalue weighted by Crippen LogP contribution is -2.31. The number of halogens is 1. The second-order valence-electron chi connectivity index (χ2n) is 5.16. The highest BCUT2D eigenvalue weighted by molar-refractivity contribution is 7.91. The average Bonchev–Trinajstić information content (AvgIpc) is 2.98. The molecule has 2 aromatic rings. The molecule has 1 amide bonds. The molecule has 1 N–H and O–H groups in total. The first-order valence-electron chi connectivity index (χ1n) is 7.12. The number of amides is 1. The minimum Gasteiger partial charge on any atom is -0.355 e. The first kappa shape index (κ1) is 17.5. The predicted octanol–water partition coefficient (Wildman–Crippen LogP) is 1.66. The molecule has 0 bridgehead atoms. The smallest absolute Gasteiger partial charge is 0.235 e. The van der Waals surface area contributed by atoms with Gasteiger partial charge in [0, 0.05) is 30.5 Å². The summed E-state index contributed by atoms with van der Waals surface area (Å²) < 4.78 is 25.9. The van der Waals surface area contributed by atoms with E-state index in [2.05, 4.69) is 10.3 Å². The third-order valence-electron chi connectivity index (χ3n) is 3.13. The summed E-state index contributed by atoms with van der Waals surface area (Å²) in [4.78, 5) is 15.7. The lowest BCUT2D eigenvalue weighted by Gasteiger charge is -2.07. The standard InChI is InChI=1S/C15H18ClN3O3S/c16-14-4-2-13(3-5-14)10-23(21,22)11-15(20)18-6-1-8-19-9-7-17-12-19/h2-5,7,9,12H,1,6,8,10-11H2,(H,18,20). The van der Waals surface area contributed by atoms with Gasteiger partial charge in [0.05, 0.1) is 12.1 Å². The molecular formula is C15H18ClN3O3S. The lowest BCUT2D eigenvalue weighted by atomic mass is 10.2. The average molecular weight is 356 g/mol. The van der Waals surface area contributed by atoms with Crippen LogP contribution in [0.15, 0.2) is 43.0 Å². The van der Waals surface area contributed by atoms with Crippen LogP contribution in [0.5, 0.6) is 0 Å². The fourth-order valence-corrected chi connectivity index (χ4v) is 3.47. The molecule has 0 aliphatic rings. The largest absolute Gasteiger partial charge is 0.355 e. The highest BCUT2D eigenvalue weighted by Crippen LogP contribution is 2.12. The summed E-state index contributed by atoms with van der Waals surface area (Å²) in [5.74, 6) is -1.17. The Morgan fingerprint density at radius 1 is 1.26 bits per heavy atom. The van der Waals surface area contributed by atoms with Crippen LogP contribution in [0, 0.1) is 0 Å². The fraction of sp³-hybridized carbons (Fsp3) is 0.333. The van der Waals surface area contributed by atoms with E-state index in [1.165, 1.54) is 0 Å². The van der Waals surface area contributed by atoms with Gasteiger partial charge in [0.25, 0.3) is 0 Å². The molecule has 6 nitrogen and oxygen atoms in total. The second-order valence-corrected chi connectivity index (χ2v) is 7.66. The van der Waals surface area contributed by atoms with Crippen molar-refractivity contribution in [1.82, 2.24) is 14.9 Å². The zero-order valence-electron chi connectivity index (χ0n) is 12.5. The number of carbonyl (C=O) groups excluding carboxylic acids is 1. The van der Waals surface area contributed by atoms with E-state index in [9.17, 15) is 13.2 Å². The van der Waals surface area contributed by atoms with Gasteiger partial charge in [0.15, 0.2) is 9.84 Å². The first-order valence-corrected chi connectivity index (χ1v) is 9.32. The Bertz CT molecular complexity index is 728. The quantitative estimate of drug-likeness (QED) is 0.730. The minimum absolute atomic E-state index is 0.174. The van der Waals surface area contributed by atoms with E-state index in [1.807, 2.05) is 10.8 Å². The number of hydrogen-bond acceptors (Lipinski definition) is 4. The number of nitrogens with one attached hydrogen (secondary N) is 1. The van der Waals surface area contributed by atoms with E-state index in [0.29, 0.717) is 23.6 Å². The van der Waals surface area contributed by atoms with Crippen LogP contribution >= 0.6 is 11.6 Å². The maximum atomic E-state index is 12.0. The van der Waals surface area contributed by atoms with Crippen molar-refractivity contribution in [2.45, 2.75) is 18.7 Å². The van der Waals surface area contributed by atoms with Crippen molar-refractivity contribution in [3.8, 4) is 0 Å². The van der Waals surface area contributed by atoms with Gasteiger partial charge in [0.2, 0.25) is 5.91 Å². The molecule has 0 unspecified atom stereocenters. The van der Waals surface area contributed by atoms with Crippen molar-refractivity contribution in [3.05, 3.63) is 53.6 Å². The summed E-state index contributed by atoms with van der Waals surface area (Å²) in [7, 11) is -3.50. The molecule has 1 heterocycles. The molecule has 1 aromatic heterocycles. The number of carbonyl (C=O) groups is 1. The predicted molar refractivity (Wildman–Crippen MR) is 88.8 cm³/mol. The summed E-state index contributed by atoms with van der Waals surface area (Å²) in [6.45, 7) is 1.14. The minimum atomic E-state index is -3.50. The van der Waals surface area contributed by atoms with Crippen LogP contribution < -0.4 is 5.32 Å². The molecule has 0 aliphatic carbocycles. The van der Waals surface area contributed by atoms with Gasteiger partial charge in [-0.1, -0.05) is 23.7 Å². The van der Waals surface area contributed by atoms with Crippen LogP contribution in [0.2, 0.25) is 5.02 Å². The summed E-state index contributed by atoms with van der Waals surface area (Å²) in [6, 6.07) is 6.54. The molecule has 0 saturated carbocycles. The molecule has 1 aromatic carbocycles. The molecule has 0 aliphatic heterocycles. The Hall–Kier alpha value is -1.86. The number of aromatic nitrogens is 2. The van der Waals surface area contributed by atoms with Crippen molar-refractivity contribution >= 4 is 27.3 Å². The van der Waals surface area contributed by atoms with Gasteiger partial charge >= 0.3 is 0 Å². The Morgan fingerprint density at radius 2 is 2.00 bits per heavy atom. The van der Waals surface area contributed by atoms with E-state index < -0.39 is 21.5 Å². The number of nitrogens with zero attached hydrogens (tertiary/aromatic N) is 2. The van der Waals surface area contributed by atoms with Crippen molar-refractivity contribution in [2.24, 2.45) is 0 Å². The molecule has 0 fully saturated rings. The highest BCUT2D eigenvalue weighted by Gasteiger charge is 2.17. The van der Waals surface area contributed by atoms with Crippen LogP contribution in [-0.4, -0.2) is 36.2 Å². The highest BCUT2D eigenvalue weighted by atomic mass is 35.5. The van der Waals surface area contributed by atoms with E-state index in [0.717, 1.165) is 6.54 Å². The molecular weight excluding hydrogens is 338 g/mol. The molecule has 8 heteroatoms. The number of benzene rings is 1. The number of hydrogen-bond donors (Lipinski definition) is 1. The summed E-state index contributed by atoms with van der Waals surface area (Å²) in [5.41, 5.74) is 0.613. The third-order valence-corrected chi connectivity index (χ3v) is 4.85. The maximum Gasteiger partial charge on any atom is 0.235 e. The lowest BCUT2D eigenvalue weighted by molar-refractivity contribution is -0.118. The topological polar surface area (TPSA) is 81.1 Å². The first-order chi connectivity index (χ1) is 10.9. The normalized spacial score (nSPS) is 11.3. The Morgan fingerprint density at radius 3 is 2.65 bits per heavy atom. The summed E-state index contributed by atoms with van der Waals surface area (Å²) in [6.07, 6.45) is 5.91. The van der Waals surface area contributed by atoms with E-state index in [1.54, 1.807) is 36.8 Å². The number of aryl methyl sites for hydroxylation is 1. The van der Waals surface area contributed by atoms with Gasteiger partial charge < -0.3 is 9.88 Å². The number of imidazole rings is 1. The molecule has 0 saturated heterocycles. The Labute approximate surface area is 140 Å². The van der Waals surface area contributed by atoms with Crippen LogP contribution in [-0.2, 0) is 26.9 Å². The second kappa shape index (κ2) is 8.12. The third kappa shape index (κ3) is 6.42. The van der Waals surface area contributed by atoms with Gasteiger partial charge in [-0.05, 0) is 24.1 Å². The molecule has 0 radical (unpaired) electrons. The van der Waals surface area contributed by atoms with Crippen molar-refractivity contribution in [2.75, 3.05) is 12.3 Å². The maximum absolute atomic E-state index is 12.0. The summed E-state index contributed by atoms with van der Waals surface area (Å²) in [5, 5.41) is 3.17. The van der Waals surface area contributed by atoms with Crippen molar-refractivity contribution in [1.29, 1.82) is 0 Å². The van der Waals surface area contributed by atoms with Crippen LogP contribution in [0.3, 0.4) is 0 Å². The number of rotatable bonds is 8. The zero-order chi connectivity index (χ0) is 16.7. The monoisotopic (exact) mass is 355 g/mol. The molecule has 0 atom stereocenters. The van der Waals surface area contributed by atoms with Gasteiger partial charge in [-0.2, -0.15) is 0 Å².